The number of thiazole rings is 1. The molecule has 4 aromatic rings. The summed E-state index contributed by atoms with van der Waals surface area (Å²) in [6.45, 7) is 2.71. The van der Waals surface area contributed by atoms with Crippen molar-refractivity contribution in [1.29, 1.82) is 0 Å². The third-order valence-electron chi connectivity index (χ3n) is 5.56. The molecule has 1 aliphatic heterocycles. The highest BCUT2D eigenvalue weighted by atomic mass is 32.2. The van der Waals surface area contributed by atoms with Crippen molar-refractivity contribution in [2.24, 2.45) is 0 Å². The first-order chi connectivity index (χ1) is 15.0. The molecule has 1 fully saturated rings. The van der Waals surface area contributed by atoms with E-state index < -0.39 is 15.8 Å². The number of hydrogen-bond donors (Lipinski definition) is 0. The molecule has 6 nitrogen and oxygen atoms in total. The summed E-state index contributed by atoms with van der Waals surface area (Å²) in [4.78, 5) is 8.16. The Morgan fingerprint density at radius 1 is 0.968 bits per heavy atom. The van der Waals surface area contributed by atoms with Crippen LogP contribution in [0.5, 0.6) is 0 Å². The van der Waals surface area contributed by atoms with Crippen LogP contribution >= 0.6 is 11.3 Å². The highest BCUT2D eigenvalue weighted by Gasteiger charge is 2.29. The van der Waals surface area contributed by atoms with Gasteiger partial charge in [0.25, 0.3) is 0 Å². The number of halogens is 1. The maximum Gasteiger partial charge on any atom is 0.243 e. The molecule has 31 heavy (non-hydrogen) atoms. The van der Waals surface area contributed by atoms with E-state index in [0.29, 0.717) is 32.7 Å². The lowest BCUT2D eigenvalue weighted by Gasteiger charge is -2.34. The highest BCUT2D eigenvalue weighted by Crippen LogP contribution is 2.28. The Labute approximate surface area is 184 Å². The second-order valence-electron chi connectivity index (χ2n) is 7.46. The monoisotopic (exact) mass is 456 g/mol. The molecule has 0 unspecified atom stereocenters. The summed E-state index contributed by atoms with van der Waals surface area (Å²) in [6, 6.07) is 15.1. The van der Waals surface area contributed by atoms with E-state index in [4.69, 9.17) is 4.98 Å². The van der Waals surface area contributed by atoms with Crippen LogP contribution in [0.2, 0.25) is 0 Å². The standard InChI is InChI=1S/C22H21FN4O2S2/c23-18-6-8-19(9-7-18)31(28,29)26-12-10-25(11-13-26)16-20-21(17-4-2-1-3-5-17)24-22-27(20)14-15-30-22/h1-9,14-15H,10-13,16H2. The molecule has 0 amide bonds. The van der Waals surface area contributed by atoms with Crippen molar-refractivity contribution in [3.8, 4) is 11.3 Å². The average Bonchev–Trinajstić information content (AvgIpc) is 3.38. The summed E-state index contributed by atoms with van der Waals surface area (Å²) in [7, 11) is -3.62. The molecule has 0 spiro atoms. The lowest BCUT2D eigenvalue weighted by molar-refractivity contribution is 0.180. The molecule has 0 bridgehead atoms. The zero-order chi connectivity index (χ0) is 21.4. The van der Waals surface area contributed by atoms with Gasteiger partial charge in [-0.05, 0) is 24.3 Å². The number of hydrogen-bond acceptors (Lipinski definition) is 5. The molecule has 0 atom stereocenters. The first kappa shape index (κ1) is 20.3. The van der Waals surface area contributed by atoms with Crippen LogP contribution in [0.15, 0.2) is 71.1 Å². The van der Waals surface area contributed by atoms with Crippen LogP contribution in [-0.4, -0.2) is 53.2 Å². The summed E-state index contributed by atoms with van der Waals surface area (Å²) in [5.74, 6) is -0.446. The van der Waals surface area contributed by atoms with Gasteiger partial charge in [-0.3, -0.25) is 9.30 Å². The fraction of sp³-hybridized carbons (Fsp3) is 0.227. The van der Waals surface area contributed by atoms with Gasteiger partial charge in [-0.1, -0.05) is 30.3 Å². The van der Waals surface area contributed by atoms with Crippen LogP contribution in [0.25, 0.3) is 16.2 Å². The first-order valence-electron chi connectivity index (χ1n) is 10.0. The van der Waals surface area contributed by atoms with E-state index in [9.17, 15) is 12.8 Å². The van der Waals surface area contributed by atoms with Gasteiger partial charge in [-0.15, -0.1) is 11.3 Å². The van der Waals surface area contributed by atoms with Crippen LogP contribution in [-0.2, 0) is 16.6 Å². The van der Waals surface area contributed by atoms with Gasteiger partial charge in [0.15, 0.2) is 4.96 Å². The predicted molar refractivity (Wildman–Crippen MR) is 119 cm³/mol. The summed E-state index contributed by atoms with van der Waals surface area (Å²) >= 11 is 1.60. The van der Waals surface area contributed by atoms with Gasteiger partial charge in [0.2, 0.25) is 10.0 Å². The molecule has 1 saturated heterocycles. The van der Waals surface area contributed by atoms with Crippen LogP contribution in [0.1, 0.15) is 5.69 Å². The van der Waals surface area contributed by atoms with Crippen molar-refractivity contribution in [1.82, 2.24) is 18.6 Å². The number of imidazole rings is 1. The molecule has 160 valence electrons. The molecule has 0 aliphatic carbocycles. The van der Waals surface area contributed by atoms with Crippen molar-refractivity contribution in [3.63, 3.8) is 0 Å². The molecule has 2 aromatic heterocycles. The molecule has 0 saturated carbocycles. The molecule has 3 heterocycles. The minimum absolute atomic E-state index is 0.129. The van der Waals surface area contributed by atoms with E-state index in [-0.39, 0.29) is 4.90 Å². The highest BCUT2D eigenvalue weighted by molar-refractivity contribution is 7.89. The van der Waals surface area contributed by atoms with Crippen molar-refractivity contribution < 1.29 is 12.8 Å². The van der Waals surface area contributed by atoms with E-state index in [1.54, 1.807) is 11.3 Å². The molecular weight excluding hydrogens is 435 g/mol. The van der Waals surface area contributed by atoms with Gasteiger partial charge in [0, 0.05) is 49.9 Å². The fourth-order valence-corrected chi connectivity index (χ4v) is 6.06. The van der Waals surface area contributed by atoms with E-state index in [2.05, 4.69) is 21.4 Å². The van der Waals surface area contributed by atoms with Gasteiger partial charge in [-0.25, -0.2) is 17.8 Å². The fourth-order valence-electron chi connectivity index (χ4n) is 3.91. The van der Waals surface area contributed by atoms with Crippen molar-refractivity contribution in [2.75, 3.05) is 26.2 Å². The van der Waals surface area contributed by atoms with Crippen molar-refractivity contribution in [3.05, 3.63) is 77.7 Å². The number of nitrogens with zero attached hydrogens (tertiary/aromatic N) is 4. The molecule has 0 N–H and O–H groups in total. The molecule has 5 rings (SSSR count). The normalized spacial score (nSPS) is 16.2. The van der Waals surface area contributed by atoms with Gasteiger partial charge in [0.1, 0.15) is 5.82 Å². The number of benzene rings is 2. The Morgan fingerprint density at radius 3 is 2.39 bits per heavy atom. The minimum Gasteiger partial charge on any atom is -0.295 e. The molecule has 1 aliphatic rings. The van der Waals surface area contributed by atoms with E-state index in [1.807, 2.05) is 29.8 Å². The summed E-state index contributed by atoms with van der Waals surface area (Å²) < 4.78 is 42.5. The Balaban J connectivity index is 1.34. The Bertz CT molecular complexity index is 1290. The zero-order valence-electron chi connectivity index (χ0n) is 16.7. The minimum atomic E-state index is -3.62. The Kier molecular flexibility index (Phi) is 5.35. The maximum absolute atomic E-state index is 13.2. The van der Waals surface area contributed by atoms with E-state index >= 15 is 0 Å². The van der Waals surface area contributed by atoms with E-state index in [1.165, 1.54) is 28.6 Å². The first-order valence-corrected chi connectivity index (χ1v) is 12.3. The third-order valence-corrected chi connectivity index (χ3v) is 8.23. The summed E-state index contributed by atoms with van der Waals surface area (Å²) in [6.07, 6.45) is 2.03. The number of rotatable bonds is 5. The van der Waals surface area contributed by atoms with E-state index in [0.717, 1.165) is 21.9 Å². The maximum atomic E-state index is 13.2. The van der Waals surface area contributed by atoms with Gasteiger partial charge >= 0.3 is 0 Å². The number of piperazine rings is 1. The lowest BCUT2D eigenvalue weighted by atomic mass is 10.1. The SMILES string of the molecule is O=S(=O)(c1ccc(F)cc1)N1CCN(Cc2c(-c3ccccc3)nc3sccn23)CC1. The van der Waals surface area contributed by atoms with Gasteiger partial charge in [-0.2, -0.15) is 4.31 Å². The zero-order valence-corrected chi connectivity index (χ0v) is 18.3. The number of sulfonamides is 1. The summed E-state index contributed by atoms with van der Waals surface area (Å²) in [5.41, 5.74) is 3.15. The molecule has 0 radical (unpaired) electrons. The molecule has 2 aromatic carbocycles. The van der Waals surface area contributed by atoms with Crippen LogP contribution in [0, 0.1) is 5.82 Å². The lowest BCUT2D eigenvalue weighted by Crippen LogP contribution is -2.48. The second kappa shape index (κ2) is 8.16. The average molecular weight is 457 g/mol. The number of aromatic nitrogens is 2. The van der Waals surface area contributed by atoms with Crippen molar-refractivity contribution in [2.45, 2.75) is 11.4 Å². The Hall–Kier alpha value is -2.59. The third kappa shape index (κ3) is 3.89. The van der Waals surface area contributed by atoms with Gasteiger partial charge < -0.3 is 0 Å². The van der Waals surface area contributed by atoms with Gasteiger partial charge in [0.05, 0.1) is 16.3 Å². The summed E-state index contributed by atoms with van der Waals surface area (Å²) in [5, 5.41) is 2.02. The van der Waals surface area contributed by atoms with Crippen molar-refractivity contribution >= 4 is 26.3 Å². The van der Waals surface area contributed by atoms with Crippen LogP contribution < -0.4 is 0 Å². The van der Waals surface area contributed by atoms with Crippen LogP contribution in [0.3, 0.4) is 0 Å². The quantitative estimate of drug-likeness (QED) is 0.459. The molecular formula is C22H21FN4O2S2. The predicted octanol–water partition coefficient (Wildman–Crippen LogP) is 3.71. The molecule has 9 heteroatoms. The second-order valence-corrected chi connectivity index (χ2v) is 10.3. The largest absolute Gasteiger partial charge is 0.295 e. The smallest absolute Gasteiger partial charge is 0.243 e. The topological polar surface area (TPSA) is 57.9 Å². The Morgan fingerprint density at radius 2 is 1.68 bits per heavy atom. The van der Waals surface area contributed by atoms with Crippen LogP contribution in [0.4, 0.5) is 4.39 Å². The number of fused-ring (bicyclic) bond motifs is 1.